The number of nitrogens with zero attached hydrogens (tertiary/aromatic N) is 1. The lowest BCUT2D eigenvalue weighted by atomic mass is 10.4. The van der Waals surface area contributed by atoms with Crippen LogP contribution < -0.4 is 4.98 Å². The molecule has 1 rings (SSSR count). The number of nitrogens with one attached hydrogen (secondary N) is 1. The maximum atomic E-state index is 4.24. The van der Waals surface area contributed by atoms with Crippen LogP contribution in [0.15, 0.2) is 24.4 Å². The molecule has 0 aromatic carbocycles. The Kier molecular flexibility index (Phi) is 3.00. The second kappa shape index (κ2) is 3.82. The Morgan fingerprint density at radius 1 is 1.33 bits per heavy atom. The lowest BCUT2D eigenvalue weighted by Crippen LogP contribution is -2.40. The topological polar surface area (TPSA) is 24.9 Å². The van der Waals surface area contributed by atoms with Crippen molar-refractivity contribution in [3.8, 4) is 0 Å². The zero-order valence-electron chi connectivity index (χ0n) is 7.96. The van der Waals surface area contributed by atoms with Crippen LogP contribution in [-0.4, -0.2) is 13.2 Å². The van der Waals surface area contributed by atoms with Gasteiger partial charge in [0, 0.05) is 12.7 Å². The number of rotatable bonds is 3. The molecule has 0 radical (unpaired) electrons. The van der Waals surface area contributed by atoms with Crippen molar-refractivity contribution in [3.63, 3.8) is 0 Å². The Labute approximate surface area is 75.1 Å². The van der Waals surface area contributed by atoms with Gasteiger partial charge in [-0.3, -0.25) is 4.98 Å². The zero-order chi connectivity index (χ0) is 9.03. The van der Waals surface area contributed by atoms with Crippen molar-refractivity contribution in [2.75, 3.05) is 0 Å². The predicted octanol–water partition coefficient (Wildman–Crippen LogP) is 2.01. The molecule has 1 aromatic rings. The Morgan fingerprint density at radius 3 is 2.58 bits per heavy atom. The quantitative estimate of drug-likeness (QED) is 0.720. The average molecular weight is 180 g/mol. The fraction of sp³-hybridized carbons (Fsp3) is 0.444. The minimum absolute atomic E-state index is 0.899. The minimum Gasteiger partial charge on any atom is -0.332 e. The second-order valence-corrected chi connectivity index (χ2v) is 8.78. The molecule has 1 N–H and O–H groups in total. The summed E-state index contributed by atoms with van der Waals surface area (Å²) in [6, 6.07) is 6.01. The van der Waals surface area contributed by atoms with E-state index in [1.807, 2.05) is 24.4 Å². The van der Waals surface area contributed by atoms with Gasteiger partial charge >= 0.3 is 0 Å². The molecule has 1 aromatic heterocycles. The third-order valence-corrected chi connectivity index (χ3v) is 2.76. The van der Waals surface area contributed by atoms with Gasteiger partial charge in [-0.05, 0) is 12.1 Å². The first-order chi connectivity index (χ1) is 5.58. The van der Waals surface area contributed by atoms with Crippen molar-refractivity contribution in [2.45, 2.75) is 26.2 Å². The van der Waals surface area contributed by atoms with E-state index in [9.17, 15) is 0 Å². The lowest BCUT2D eigenvalue weighted by Gasteiger charge is -2.17. The van der Waals surface area contributed by atoms with E-state index in [1.54, 1.807) is 0 Å². The minimum atomic E-state index is -1.13. The summed E-state index contributed by atoms with van der Waals surface area (Å²) in [4.78, 5) is 7.76. The van der Waals surface area contributed by atoms with Crippen LogP contribution in [0.2, 0.25) is 19.6 Å². The highest BCUT2D eigenvalue weighted by atomic mass is 28.3. The van der Waals surface area contributed by atoms with Gasteiger partial charge in [0.15, 0.2) is 0 Å². The summed E-state index contributed by atoms with van der Waals surface area (Å²) in [5.41, 5.74) is 1.12. The van der Waals surface area contributed by atoms with Crippen molar-refractivity contribution in [2.24, 2.45) is 0 Å². The molecular formula is C9H16N2Si. The van der Waals surface area contributed by atoms with E-state index in [0.717, 1.165) is 12.2 Å². The molecule has 0 amide bonds. The summed E-state index contributed by atoms with van der Waals surface area (Å²) >= 11 is 0. The van der Waals surface area contributed by atoms with Gasteiger partial charge in [0.25, 0.3) is 0 Å². The normalized spacial score (nSPS) is 11.6. The number of hydrogen-bond acceptors (Lipinski definition) is 2. The molecule has 0 bridgehead atoms. The van der Waals surface area contributed by atoms with Crippen molar-refractivity contribution in [1.82, 2.24) is 9.97 Å². The van der Waals surface area contributed by atoms with Crippen LogP contribution in [0.1, 0.15) is 5.69 Å². The van der Waals surface area contributed by atoms with Gasteiger partial charge in [0.05, 0.1) is 5.69 Å². The molecule has 2 nitrogen and oxygen atoms in total. The zero-order valence-corrected chi connectivity index (χ0v) is 8.96. The second-order valence-electron chi connectivity index (χ2n) is 3.92. The third-order valence-electron chi connectivity index (χ3n) is 1.53. The van der Waals surface area contributed by atoms with E-state index >= 15 is 0 Å². The van der Waals surface area contributed by atoms with Crippen molar-refractivity contribution < 1.29 is 0 Å². The molecule has 0 aliphatic carbocycles. The smallest absolute Gasteiger partial charge is 0.116 e. The van der Waals surface area contributed by atoms with Gasteiger partial charge in [0.1, 0.15) is 8.24 Å². The summed E-state index contributed by atoms with van der Waals surface area (Å²) in [5, 5.41) is 0. The molecule has 1 heterocycles. The molecular weight excluding hydrogens is 164 g/mol. The predicted molar refractivity (Wildman–Crippen MR) is 54.4 cm³/mol. The van der Waals surface area contributed by atoms with Crippen LogP contribution in [0.5, 0.6) is 0 Å². The maximum absolute atomic E-state index is 4.24. The highest BCUT2D eigenvalue weighted by Gasteiger charge is 2.11. The largest absolute Gasteiger partial charge is 0.332 e. The molecule has 0 saturated heterocycles. The SMILES string of the molecule is C[Si](C)(C)NCc1ccccn1. The molecule has 0 unspecified atom stereocenters. The van der Waals surface area contributed by atoms with Crippen molar-refractivity contribution >= 4 is 8.24 Å². The van der Waals surface area contributed by atoms with Crippen LogP contribution in [-0.2, 0) is 6.54 Å². The van der Waals surface area contributed by atoms with Gasteiger partial charge in [-0.1, -0.05) is 25.7 Å². The Hall–Kier alpha value is -0.673. The van der Waals surface area contributed by atoms with E-state index < -0.39 is 8.24 Å². The van der Waals surface area contributed by atoms with E-state index in [0.29, 0.717) is 0 Å². The van der Waals surface area contributed by atoms with Crippen LogP contribution in [0, 0.1) is 0 Å². The van der Waals surface area contributed by atoms with Gasteiger partial charge in [-0.2, -0.15) is 0 Å². The van der Waals surface area contributed by atoms with Gasteiger partial charge in [-0.25, -0.2) is 0 Å². The standard InChI is InChI=1S/C9H16N2Si/c1-12(2,3)11-8-9-6-4-5-7-10-9/h4-7,11H,8H2,1-3H3. The molecule has 66 valence electrons. The van der Waals surface area contributed by atoms with Crippen LogP contribution in [0.4, 0.5) is 0 Å². The summed E-state index contributed by atoms with van der Waals surface area (Å²) in [6.45, 7) is 7.76. The summed E-state index contributed by atoms with van der Waals surface area (Å²) < 4.78 is 0. The molecule has 0 fully saturated rings. The molecule has 0 spiro atoms. The lowest BCUT2D eigenvalue weighted by molar-refractivity contribution is 0.874. The van der Waals surface area contributed by atoms with Gasteiger partial charge < -0.3 is 4.98 Å². The van der Waals surface area contributed by atoms with E-state index in [1.165, 1.54) is 0 Å². The third kappa shape index (κ3) is 3.64. The molecule has 3 heteroatoms. The number of hydrogen-bond donors (Lipinski definition) is 1. The molecule has 12 heavy (non-hydrogen) atoms. The van der Waals surface area contributed by atoms with Crippen LogP contribution in [0.3, 0.4) is 0 Å². The summed E-state index contributed by atoms with van der Waals surface area (Å²) in [7, 11) is -1.13. The van der Waals surface area contributed by atoms with Crippen molar-refractivity contribution in [3.05, 3.63) is 30.1 Å². The Morgan fingerprint density at radius 2 is 2.08 bits per heavy atom. The highest BCUT2D eigenvalue weighted by molar-refractivity contribution is 6.73. The van der Waals surface area contributed by atoms with E-state index in [-0.39, 0.29) is 0 Å². The van der Waals surface area contributed by atoms with E-state index in [2.05, 4.69) is 29.6 Å². The first-order valence-electron chi connectivity index (χ1n) is 4.23. The number of aromatic nitrogens is 1. The van der Waals surface area contributed by atoms with Crippen molar-refractivity contribution in [1.29, 1.82) is 0 Å². The molecule has 0 saturated carbocycles. The van der Waals surface area contributed by atoms with Crippen LogP contribution in [0.25, 0.3) is 0 Å². The maximum Gasteiger partial charge on any atom is 0.116 e. The fourth-order valence-electron chi connectivity index (χ4n) is 0.858. The Bertz CT molecular complexity index is 228. The van der Waals surface area contributed by atoms with Gasteiger partial charge in [-0.15, -0.1) is 0 Å². The highest BCUT2D eigenvalue weighted by Crippen LogP contribution is 1.98. The average Bonchev–Trinajstić information content (AvgIpc) is 2.02. The molecule has 0 aliphatic heterocycles. The summed E-state index contributed by atoms with van der Waals surface area (Å²) in [5.74, 6) is 0. The summed E-state index contributed by atoms with van der Waals surface area (Å²) in [6.07, 6.45) is 1.83. The molecule has 0 aliphatic rings. The first-order valence-corrected chi connectivity index (χ1v) is 7.73. The molecule has 0 atom stereocenters. The van der Waals surface area contributed by atoms with Gasteiger partial charge in [0.2, 0.25) is 0 Å². The fourth-order valence-corrected chi connectivity index (χ4v) is 1.57. The van der Waals surface area contributed by atoms with E-state index in [4.69, 9.17) is 0 Å². The van der Waals surface area contributed by atoms with Crippen LogP contribution >= 0.6 is 0 Å². The number of pyridine rings is 1. The monoisotopic (exact) mass is 180 g/mol. The Balaban J connectivity index is 2.44. The first kappa shape index (κ1) is 9.42.